The van der Waals surface area contributed by atoms with Crippen molar-refractivity contribution in [2.45, 2.75) is 0 Å². The number of halogens is 1. The Bertz CT molecular complexity index is 1080. The van der Waals surface area contributed by atoms with E-state index in [2.05, 4.69) is 16.0 Å². The molecule has 0 fully saturated rings. The summed E-state index contributed by atoms with van der Waals surface area (Å²) in [5.41, 5.74) is 3.36. The molecule has 5 heteroatoms. The zero-order valence-electron chi connectivity index (χ0n) is 13.0. The van der Waals surface area contributed by atoms with Gasteiger partial charge in [0.2, 0.25) is 0 Å². The van der Waals surface area contributed by atoms with E-state index in [1.165, 1.54) is 17.4 Å². The number of fused-ring (bicyclic) bond motifs is 1. The van der Waals surface area contributed by atoms with Crippen molar-refractivity contribution in [1.29, 1.82) is 5.26 Å². The number of H-pyrrole nitrogens is 1. The normalized spacial score (nSPS) is 11.6. The third-order valence-electron chi connectivity index (χ3n) is 3.85. The highest BCUT2D eigenvalue weighted by Gasteiger charge is 2.10. The lowest BCUT2D eigenvalue weighted by atomic mass is 10.1. The summed E-state index contributed by atoms with van der Waals surface area (Å²) in [6, 6.07) is 18.4. The SMILES string of the molecule is N#CC(=Cc1ccc(F)c(-c2cccs2)c1)c1nc2ccccc2[nH]1. The third-order valence-corrected chi connectivity index (χ3v) is 4.76. The van der Waals surface area contributed by atoms with E-state index in [1.54, 1.807) is 18.2 Å². The maximum absolute atomic E-state index is 14.1. The van der Waals surface area contributed by atoms with Gasteiger partial charge in [0.1, 0.15) is 17.7 Å². The Balaban J connectivity index is 1.78. The lowest BCUT2D eigenvalue weighted by molar-refractivity contribution is 0.631. The van der Waals surface area contributed by atoms with Crippen molar-refractivity contribution in [3.05, 3.63) is 77.2 Å². The molecule has 120 valence electrons. The van der Waals surface area contributed by atoms with Crippen LogP contribution in [0.25, 0.3) is 33.1 Å². The number of para-hydroxylation sites is 2. The predicted molar refractivity (Wildman–Crippen MR) is 99.3 cm³/mol. The summed E-state index contributed by atoms with van der Waals surface area (Å²) >= 11 is 1.48. The second-order valence-corrected chi connectivity index (χ2v) is 6.44. The van der Waals surface area contributed by atoms with Gasteiger partial charge < -0.3 is 4.98 Å². The molecule has 0 amide bonds. The van der Waals surface area contributed by atoms with Gasteiger partial charge in [0.15, 0.2) is 0 Å². The number of imidazole rings is 1. The lowest BCUT2D eigenvalue weighted by Crippen LogP contribution is -1.87. The van der Waals surface area contributed by atoms with Crippen LogP contribution in [0.3, 0.4) is 0 Å². The van der Waals surface area contributed by atoms with Crippen LogP contribution in [0.15, 0.2) is 60.0 Å². The number of nitrogens with one attached hydrogen (secondary N) is 1. The van der Waals surface area contributed by atoms with E-state index in [1.807, 2.05) is 41.8 Å². The molecule has 2 aromatic heterocycles. The van der Waals surface area contributed by atoms with Gasteiger partial charge in [0.05, 0.1) is 16.6 Å². The molecule has 0 bridgehead atoms. The molecule has 0 saturated carbocycles. The Hall–Kier alpha value is -3.23. The molecule has 3 nitrogen and oxygen atoms in total. The van der Waals surface area contributed by atoms with Crippen LogP contribution in [0.2, 0.25) is 0 Å². The smallest absolute Gasteiger partial charge is 0.149 e. The number of nitrogens with zero attached hydrogens (tertiary/aromatic N) is 2. The van der Waals surface area contributed by atoms with E-state index in [4.69, 9.17) is 0 Å². The molecule has 4 rings (SSSR count). The summed E-state index contributed by atoms with van der Waals surface area (Å²) in [5.74, 6) is 0.229. The van der Waals surface area contributed by atoms with E-state index < -0.39 is 0 Å². The van der Waals surface area contributed by atoms with Gasteiger partial charge in [-0.2, -0.15) is 5.26 Å². The van der Waals surface area contributed by atoms with Crippen molar-refractivity contribution in [2.24, 2.45) is 0 Å². The molecule has 0 spiro atoms. The van der Waals surface area contributed by atoms with Gasteiger partial charge in [-0.3, -0.25) is 0 Å². The van der Waals surface area contributed by atoms with Crippen LogP contribution in [-0.4, -0.2) is 9.97 Å². The molecule has 0 atom stereocenters. The fourth-order valence-corrected chi connectivity index (χ4v) is 3.40. The monoisotopic (exact) mass is 345 g/mol. The first-order chi connectivity index (χ1) is 12.2. The average Bonchev–Trinajstić information content (AvgIpc) is 3.30. The van der Waals surface area contributed by atoms with Crippen molar-refractivity contribution < 1.29 is 4.39 Å². The Morgan fingerprint density at radius 2 is 2.04 bits per heavy atom. The van der Waals surface area contributed by atoms with Crippen LogP contribution in [0.5, 0.6) is 0 Å². The molecule has 4 aromatic rings. The number of nitriles is 1. The van der Waals surface area contributed by atoms with Gasteiger partial charge in [-0.15, -0.1) is 11.3 Å². The number of aromatic amines is 1. The first kappa shape index (κ1) is 15.3. The molecule has 0 saturated heterocycles. The molecule has 2 heterocycles. The third kappa shape index (κ3) is 2.95. The summed E-state index contributed by atoms with van der Waals surface area (Å²) in [7, 11) is 0. The van der Waals surface area contributed by atoms with Crippen LogP contribution in [0.1, 0.15) is 11.4 Å². The highest BCUT2D eigenvalue weighted by Crippen LogP contribution is 2.29. The number of benzene rings is 2. The second kappa shape index (κ2) is 6.34. The van der Waals surface area contributed by atoms with Crippen molar-refractivity contribution >= 4 is 34.0 Å². The number of rotatable bonds is 3. The Kier molecular flexibility index (Phi) is 3.88. The summed E-state index contributed by atoms with van der Waals surface area (Å²) in [5, 5.41) is 11.4. The predicted octanol–water partition coefficient (Wildman–Crippen LogP) is 5.49. The first-order valence-corrected chi connectivity index (χ1v) is 8.53. The zero-order valence-corrected chi connectivity index (χ0v) is 13.8. The minimum Gasteiger partial charge on any atom is -0.337 e. The summed E-state index contributed by atoms with van der Waals surface area (Å²) in [6.45, 7) is 0. The number of thiophene rings is 1. The fraction of sp³-hybridized carbons (Fsp3) is 0. The maximum Gasteiger partial charge on any atom is 0.149 e. The molecular weight excluding hydrogens is 333 g/mol. The van der Waals surface area contributed by atoms with Gasteiger partial charge in [0.25, 0.3) is 0 Å². The molecule has 0 aliphatic heterocycles. The summed E-state index contributed by atoms with van der Waals surface area (Å²) in [6.07, 6.45) is 1.72. The number of hydrogen-bond donors (Lipinski definition) is 1. The van der Waals surface area contributed by atoms with Crippen molar-refractivity contribution in [3.8, 4) is 16.5 Å². The Morgan fingerprint density at radius 1 is 1.16 bits per heavy atom. The minimum atomic E-state index is -0.276. The standard InChI is InChI=1S/C20H12FN3S/c21-16-8-7-13(11-15(16)19-6-3-9-25-19)10-14(12-22)20-23-17-4-1-2-5-18(17)24-20/h1-11H,(H,23,24). The van der Waals surface area contributed by atoms with E-state index in [0.29, 0.717) is 17.0 Å². The molecule has 25 heavy (non-hydrogen) atoms. The minimum absolute atomic E-state index is 0.276. The van der Waals surface area contributed by atoms with Gasteiger partial charge in [-0.05, 0) is 47.4 Å². The Labute approximate surface area is 147 Å². The molecule has 2 aromatic carbocycles. The van der Waals surface area contributed by atoms with E-state index >= 15 is 0 Å². The van der Waals surface area contributed by atoms with E-state index in [9.17, 15) is 9.65 Å². The van der Waals surface area contributed by atoms with Crippen molar-refractivity contribution in [1.82, 2.24) is 9.97 Å². The zero-order chi connectivity index (χ0) is 17.2. The van der Waals surface area contributed by atoms with E-state index in [-0.39, 0.29) is 5.82 Å². The largest absolute Gasteiger partial charge is 0.337 e. The van der Waals surface area contributed by atoms with Gasteiger partial charge in [-0.25, -0.2) is 9.37 Å². The van der Waals surface area contributed by atoms with Crippen LogP contribution in [-0.2, 0) is 0 Å². The summed E-state index contributed by atoms with van der Waals surface area (Å²) < 4.78 is 14.1. The Morgan fingerprint density at radius 3 is 2.80 bits per heavy atom. The number of hydrogen-bond acceptors (Lipinski definition) is 3. The quantitative estimate of drug-likeness (QED) is 0.499. The lowest BCUT2D eigenvalue weighted by Gasteiger charge is -2.03. The van der Waals surface area contributed by atoms with Crippen LogP contribution >= 0.6 is 11.3 Å². The highest BCUT2D eigenvalue weighted by atomic mass is 32.1. The van der Waals surface area contributed by atoms with Crippen molar-refractivity contribution in [3.63, 3.8) is 0 Å². The average molecular weight is 345 g/mol. The second-order valence-electron chi connectivity index (χ2n) is 5.49. The number of aromatic nitrogens is 2. The molecular formula is C20H12FN3S. The maximum atomic E-state index is 14.1. The van der Waals surface area contributed by atoms with Crippen LogP contribution in [0, 0.1) is 17.1 Å². The highest BCUT2D eigenvalue weighted by molar-refractivity contribution is 7.13. The van der Waals surface area contributed by atoms with Crippen molar-refractivity contribution in [2.75, 3.05) is 0 Å². The molecule has 0 aliphatic carbocycles. The summed E-state index contributed by atoms with van der Waals surface area (Å²) in [4.78, 5) is 8.45. The fourth-order valence-electron chi connectivity index (χ4n) is 2.65. The first-order valence-electron chi connectivity index (χ1n) is 7.65. The topological polar surface area (TPSA) is 52.5 Å². The van der Waals surface area contributed by atoms with Crippen LogP contribution < -0.4 is 0 Å². The van der Waals surface area contributed by atoms with E-state index in [0.717, 1.165) is 21.5 Å². The van der Waals surface area contributed by atoms with Gasteiger partial charge >= 0.3 is 0 Å². The molecule has 0 unspecified atom stereocenters. The molecule has 0 aliphatic rings. The van der Waals surface area contributed by atoms with Gasteiger partial charge in [0, 0.05) is 10.4 Å². The van der Waals surface area contributed by atoms with Gasteiger partial charge in [-0.1, -0.05) is 24.3 Å². The number of allylic oxidation sites excluding steroid dienone is 1. The molecule has 1 N–H and O–H groups in total. The molecule has 0 radical (unpaired) electrons. The van der Waals surface area contributed by atoms with Crippen LogP contribution in [0.4, 0.5) is 4.39 Å².